The lowest BCUT2D eigenvalue weighted by atomic mass is 10.0. The largest absolute Gasteiger partial charge is 0.469 e. The van der Waals surface area contributed by atoms with Gasteiger partial charge in [0.2, 0.25) is 0 Å². The standard InChI is InChI=1S/C17H25NO3/c1-3-4-5-7-12-15(17(20)21-2)13-18-16(19)14-10-8-6-9-11-14/h6,8-11,15H,3-5,7,12-13H2,1-2H3,(H,18,19)/t15-/m0/s1. The first-order valence-electron chi connectivity index (χ1n) is 7.60. The van der Waals surface area contributed by atoms with Crippen molar-refractivity contribution in [2.75, 3.05) is 13.7 Å². The summed E-state index contributed by atoms with van der Waals surface area (Å²) >= 11 is 0. The smallest absolute Gasteiger partial charge is 0.310 e. The monoisotopic (exact) mass is 291 g/mol. The second-order valence-corrected chi connectivity index (χ2v) is 5.15. The van der Waals surface area contributed by atoms with E-state index in [1.807, 2.05) is 18.2 Å². The Kier molecular flexibility index (Phi) is 8.17. The zero-order valence-corrected chi connectivity index (χ0v) is 12.9. The second kappa shape index (κ2) is 9.97. The van der Waals surface area contributed by atoms with E-state index in [4.69, 9.17) is 4.74 Å². The zero-order valence-electron chi connectivity index (χ0n) is 12.9. The maximum absolute atomic E-state index is 12.0. The molecule has 1 atom stereocenters. The molecule has 0 saturated heterocycles. The molecule has 0 aliphatic heterocycles. The SMILES string of the molecule is CCCCCC[C@@H](CNC(=O)c1ccccc1)C(=O)OC. The molecule has 0 aliphatic carbocycles. The lowest BCUT2D eigenvalue weighted by Gasteiger charge is -2.15. The maximum Gasteiger partial charge on any atom is 0.310 e. The summed E-state index contributed by atoms with van der Waals surface area (Å²) in [6.07, 6.45) is 5.17. The predicted octanol–water partition coefficient (Wildman–Crippen LogP) is 3.18. The van der Waals surface area contributed by atoms with Crippen molar-refractivity contribution in [2.24, 2.45) is 5.92 Å². The van der Waals surface area contributed by atoms with Crippen LogP contribution in [0.25, 0.3) is 0 Å². The molecule has 0 fully saturated rings. The van der Waals surface area contributed by atoms with Gasteiger partial charge in [0.25, 0.3) is 5.91 Å². The van der Waals surface area contributed by atoms with E-state index in [9.17, 15) is 9.59 Å². The summed E-state index contributed by atoms with van der Waals surface area (Å²) in [6.45, 7) is 2.48. The lowest BCUT2D eigenvalue weighted by molar-refractivity contribution is -0.145. The third-order valence-electron chi connectivity index (χ3n) is 3.49. The minimum Gasteiger partial charge on any atom is -0.469 e. The maximum atomic E-state index is 12.0. The molecule has 21 heavy (non-hydrogen) atoms. The van der Waals surface area contributed by atoms with E-state index in [-0.39, 0.29) is 17.8 Å². The minimum atomic E-state index is -0.264. The predicted molar refractivity (Wildman–Crippen MR) is 83.0 cm³/mol. The number of unbranched alkanes of at least 4 members (excludes halogenated alkanes) is 3. The Morgan fingerprint density at radius 3 is 2.48 bits per heavy atom. The number of benzene rings is 1. The average Bonchev–Trinajstić information content (AvgIpc) is 2.54. The fourth-order valence-electron chi connectivity index (χ4n) is 2.19. The zero-order chi connectivity index (χ0) is 15.5. The Bertz CT molecular complexity index is 431. The van der Waals surface area contributed by atoms with Crippen LogP contribution in [0.2, 0.25) is 0 Å². The molecule has 0 heterocycles. The van der Waals surface area contributed by atoms with E-state index in [0.29, 0.717) is 12.1 Å². The van der Waals surface area contributed by atoms with Crippen LogP contribution in [0.1, 0.15) is 49.4 Å². The van der Waals surface area contributed by atoms with Crippen LogP contribution in [0.3, 0.4) is 0 Å². The molecule has 0 aliphatic rings. The highest BCUT2D eigenvalue weighted by Crippen LogP contribution is 2.12. The van der Waals surface area contributed by atoms with Crippen molar-refractivity contribution < 1.29 is 14.3 Å². The summed E-state index contributed by atoms with van der Waals surface area (Å²) in [6, 6.07) is 9.00. The van der Waals surface area contributed by atoms with Gasteiger partial charge in [0, 0.05) is 12.1 Å². The Morgan fingerprint density at radius 2 is 1.86 bits per heavy atom. The van der Waals surface area contributed by atoms with Crippen LogP contribution in [0.4, 0.5) is 0 Å². The minimum absolute atomic E-state index is 0.155. The van der Waals surface area contributed by atoms with Gasteiger partial charge in [0.1, 0.15) is 0 Å². The summed E-state index contributed by atoms with van der Waals surface area (Å²) in [5.74, 6) is -0.669. The van der Waals surface area contributed by atoms with Gasteiger partial charge in [-0.05, 0) is 18.6 Å². The molecule has 0 aromatic heterocycles. The summed E-state index contributed by atoms with van der Waals surface area (Å²) < 4.78 is 4.82. The van der Waals surface area contributed by atoms with Crippen molar-refractivity contribution in [3.05, 3.63) is 35.9 Å². The van der Waals surface area contributed by atoms with Crippen LogP contribution < -0.4 is 5.32 Å². The molecular formula is C17H25NO3. The van der Waals surface area contributed by atoms with E-state index in [0.717, 1.165) is 25.7 Å². The van der Waals surface area contributed by atoms with Crippen molar-refractivity contribution in [1.82, 2.24) is 5.32 Å². The van der Waals surface area contributed by atoms with E-state index in [1.54, 1.807) is 12.1 Å². The molecule has 0 bridgehead atoms. The molecule has 1 aromatic rings. The Labute approximate surface area is 126 Å². The Morgan fingerprint density at radius 1 is 1.14 bits per heavy atom. The molecule has 1 rings (SSSR count). The van der Waals surface area contributed by atoms with Gasteiger partial charge in [0.05, 0.1) is 13.0 Å². The fraction of sp³-hybridized carbons (Fsp3) is 0.529. The van der Waals surface area contributed by atoms with E-state index in [1.165, 1.54) is 13.5 Å². The highest BCUT2D eigenvalue weighted by atomic mass is 16.5. The number of esters is 1. The summed E-state index contributed by atoms with van der Waals surface area (Å²) in [5.41, 5.74) is 0.604. The molecule has 0 unspecified atom stereocenters. The topological polar surface area (TPSA) is 55.4 Å². The van der Waals surface area contributed by atoms with Gasteiger partial charge >= 0.3 is 5.97 Å². The van der Waals surface area contributed by atoms with Gasteiger partial charge in [0.15, 0.2) is 0 Å². The van der Waals surface area contributed by atoms with Crippen molar-refractivity contribution in [3.8, 4) is 0 Å². The van der Waals surface area contributed by atoms with Gasteiger partial charge in [-0.15, -0.1) is 0 Å². The van der Waals surface area contributed by atoms with Gasteiger partial charge in [-0.1, -0.05) is 50.8 Å². The first-order valence-corrected chi connectivity index (χ1v) is 7.60. The van der Waals surface area contributed by atoms with Gasteiger partial charge in [-0.25, -0.2) is 0 Å². The van der Waals surface area contributed by atoms with Crippen LogP contribution in [-0.2, 0) is 9.53 Å². The van der Waals surface area contributed by atoms with Gasteiger partial charge < -0.3 is 10.1 Å². The van der Waals surface area contributed by atoms with Gasteiger partial charge in [-0.3, -0.25) is 9.59 Å². The van der Waals surface area contributed by atoms with Crippen LogP contribution in [0, 0.1) is 5.92 Å². The van der Waals surface area contributed by atoms with Crippen LogP contribution in [0.15, 0.2) is 30.3 Å². The fourth-order valence-corrected chi connectivity index (χ4v) is 2.19. The molecule has 4 nitrogen and oxygen atoms in total. The van der Waals surface area contributed by atoms with Crippen molar-refractivity contribution >= 4 is 11.9 Å². The third kappa shape index (κ3) is 6.43. The third-order valence-corrected chi connectivity index (χ3v) is 3.49. The Balaban J connectivity index is 2.45. The van der Waals surface area contributed by atoms with Crippen molar-refractivity contribution in [2.45, 2.75) is 39.0 Å². The molecule has 4 heteroatoms. The molecule has 116 valence electrons. The number of methoxy groups -OCH3 is 1. The number of carbonyl (C=O) groups excluding carboxylic acids is 2. The number of amides is 1. The number of hydrogen-bond acceptors (Lipinski definition) is 3. The highest BCUT2D eigenvalue weighted by molar-refractivity contribution is 5.94. The molecule has 0 spiro atoms. The molecule has 1 amide bonds. The van der Waals surface area contributed by atoms with Crippen LogP contribution in [-0.4, -0.2) is 25.5 Å². The number of rotatable bonds is 9. The second-order valence-electron chi connectivity index (χ2n) is 5.15. The molecule has 0 saturated carbocycles. The first kappa shape index (κ1) is 17.2. The molecular weight excluding hydrogens is 266 g/mol. The number of ether oxygens (including phenoxy) is 1. The van der Waals surface area contributed by atoms with Crippen molar-refractivity contribution in [1.29, 1.82) is 0 Å². The summed E-state index contributed by atoms with van der Waals surface area (Å²) in [4.78, 5) is 23.7. The highest BCUT2D eigenvalue weighted by Gasteiger charge is 2.19. The first-order chi connectivity index (χ1) is 10.2. The average molecular weight is 291 g/mol. The van der Waals surface area contributed by atoms with Crippen molar-refractivity contribution in [3.63, 3.8) is 0 Å². The number of nitrogens with one attached hydrogen (secondary N) is 1. The summed E-state index contributed by atoms with van der Waals surface area (Å²) in [7, 11) is 1.39. The number of carbonyl (C=O) groups is 2. The van der Waals surface area contributed by atoms with E-state index < -0.39 is 0 Å². The van der Waals surface area contributed by atoms with E-state index in [2.05, 4.69) is 12.2 Å². The quantitative estimate of drug-likeness (QED) is 0.561. The number of hydrogen-bond donors (Lipinski definition) is 1. The van der Waals surface area contributed by atoms with Crippen LogP contribution >= 0.6 is 0 Å². The molecule has 1 N–H and O–H groups in total. The van der Waals surface area contributed by atoms with Crippen LogP contribution in [0.5, 0.6) is 0 Å². The molecule has 0 radical (unpaired) electrons. The van der Waals surface area contributed by atoms with E-state index >= 15 is 0 Å². The normalized spacial score (nSPS) is 11.7. The Hall–Kier alpha value is -1.84. The lowest BCUT2D eigenvalue weighted by Crippen LogP contribution is -2.33. The van der Waals surface area contributed by atoms with Gasteiger partial charge in [-0.2, -0.15) is 0 Å². The molecule has 1 aromatic carbocycles. The summed E-state index contributed by atoms with van der Waals surface area (Å²) in [5, 5.41) is 2.82.